The number of alkyl halides is 3. The Hall–Kier alpha value is -3.11. The zero-order valence-corrected chi connectivity index (χ0v) is 23.6. The van der Waals surface area contributed by atoms with E-state index in [0.717, 1.165) is 16.5 Å². The van der Waals surface area contributed by atoms with Crippen molar-refractivity contribution in [2.24, 2.45) is 0 Å². The van der Waals surface area contributed by atoms with E-state index >= 15 is 0 Å². The van der Waals surface area contributed by atoms with Gasteiger partial charge in [-0.1, -0.05) is 53.6 Å². The Morgan fingerprint density at radius 1 is 1.20 bits per heavy atom. The second-order valence-electron chi connectivity index (χ2n) is 9.39. The third-order valence-corrected chi connectivity index (χ3v) is 7.05. The molecule has 1 unspecified atom stereocenters. The van der Waals surface area contributed by atoms with Crippen LogP contribution in [0.25, 0.3) is 17.0 Å². The topological polar surface area (TPSA) is 63.3 Å². The fourth-order valence-corrected chi connectivity index (χ4v) is 4.89. The number of pyridine rings is 1. The van der Waals surface area contributed by atoms with E-state index in [1.807, 2.05) is 36.9 Å². The van der Waals surface area contributed by atoms with Crippen molar-refractivity contribution in [3.05, 3.63) is 93.4 Å². The normalized spacial score (nSPS) is 16.6. The lowest BCUT2D eigenvalue weighted by molar-refractivity contribution is -0.0895. The molecule has 212 valence electrons. The van der Waals surface area contributed by atoms with Crippen LogP contribution in [-0.2, 0) is 4.74 Å². The van der Waals surface area contributed by atoms with Gasteiger partial charge in [-0.2, -0.15) is 18.3 Å². The van der Waals surface area contributed by atoms with Gasteiger partial charge in [0, 0.05) is 43.0 Å². The van der Waals surface area contributed by atoms with Crippen LogP contribution in [0.3, 0.4) is 0 Å². The zero-order valence-electron chi connectivity index (χ0n) is 22.1. The number of hydrogen-bond acceptors (Lipinski definition) is 5. The van der Waals surface area contributed by atoms with Crippen molar-refractivity contribution < 1.29 is 22.6 Å². The standard InChI is InChI=1S/C29H29Cl2F3N4O2/c1-18(4-6-21(19(2)29(32,33)34)17-38-10-12-39-13-11-38)5-8-26-23-14-22(7-9-27(23)37-36-26)40-20(3)28-24(30)15-35-16-25(28)31/h4-9,14-16,20H,2,10-13,17H2,1,3H3,(H,36,37)/b8-5+,18-4+,21-6-. The Balaban J connectivity index is 1.52. The van der Waals surface area contributed by atoms with Gasteiger partial charge in [0.1, 0.15) is 11.9 Å². The van der Waals surface area contributed by atoms with Crippen molar-refractivity contribution in [2.45, 2.75) is 26.1 Å². The van der Waals surface area contributed by atoms with Gasteiger partial charge in [-0.15, -0.1) is 0 Å². The molecule has 1 N–H and O–H groups in total. The van der Waals surface area contributed by atoms with Crippen LogP contribution in [0.2, 0.25) is 10.0 Å². The maximum Gasteiger partial charge on any atom is 0.416 e. The SMILES string of the molecule is C=C(\C(=C/C=C(C)/C=C/c1n[nH]c2ccc(OC(C)c3c(Cl)cncc3Cl)cc12)CN1CCOCC1)C(F)(F)F. The Labute approximate surface area is 240 Å². The average Bonchev–Trinajstić information content (AvgIpc) is 3.31. The van der Waals surface area contributed by atoms with Crippen molar-refractivity contribution in [3.8, 4) is 5.75 Å². The molecule has 1 fully saturated rings. The molecule has 6 nitrogen and oxygen atoms in total. The monoisotopic (exact) mass is 592 g/mol. The summed E-state index contributed by atoms with van der Waals surface area (Å²) in [5.41, 5.74) is 2.11. The van der Waals surface area contributed by atoms with Gasteiger partial charge in [0.2, 0.25) is 0 Å². The lowest BCUT2D eigenvalue weighted by atomic mass is 10.0. The van der Waals surface area contributed by atoms with E-state index in [-0.39, 0.29) is 12.1 Å². The smallest absolute Gasteiger partial charge is 0.416 e. The molecule has 40 heavy (non-hydrogen) atoms. The molecule has 0 bridgehead atoms. The number of allylic oxidation sites excluding steroid dienone is 4. The maximum atomic E-state index is 13.5. The van der Waals surface area contributed by atoms with Gasteiger partial charge in [0.25, 0.3) is 0 Å². The first kappa shape index (κ1) is 29.9. The summed E-state index contributed by atoms with van der Waals surface area (Å²) < 4.78 is 51.8. The second-order valence-corrected chi connectivity index (χ2v) is 10.2. The molecular weight excluding hydrogens is 564 g/mol. The summed E-state index contributed by atoms with van der Waals surface area (Å²) in [6.45, 7) is 9.25. The van der Waals surface area contributed by atoms with Crippen LogP contribution in [0, 0.1) is 0 Å². The third-order valence-electron chi connectivity index (χ3n) is 6.45. The largest absolute Gasteiger partial charge is 0.486 e. The zero-order chi connectivity index (χ0) is 28.9. The van der Waals surface area contributed by atoms with Crippen LogP contribution in [0.5, 0.6) is 5.75 Å². The van der Waals surface area contributed by atoms with Gasteiger partial charge in [0.15, 0.2) is 0 Å². The second kappa shape index (κ2) is 13.0. The van der Waals surface area contributed by atoms with Gasteiger partial charge in [-0.05, 0) is 43.7 Å². The molecule has 0 spiro atoms. The molecule has 1 atom stereocenters. The van der Waals surface area contributed by atoms with Gasteiger partial charge in [-0.3, -0.25) is 15.0 Å². The highest BCUT2D eigenvalue weighted by atomic mass is 35.5. The number of aromatic nitrogens is 3. The number of hydrogen-bond donors (Lipinski definition) is 1. The molecule has 1 saturated heterocycles. The summed E-state index contributed by atoms with van der Waals surface area (Å²) in [6.07, 6.45) is 4.81. The summed E-state index contributed by atoms with van der Waals surface area (Å²) in [5, 5.41) is 8.98. The number of nitrogens with zero attached hydrogens (tertiary/aromatic N) is 3. The third kappa shape index (κ3) is 7.54. The van der Waals surface area contributed by atoms with Gasteiger partial charge in [0.05, 0.1) is 40.0 Å². The highest BCUT2D eigenvalue weighted by molar-refractivity contribution is 6.35. The molecule has 2 aromatic heterocycles. The summed E-state index contributed by atoms with van der Waals surface area (Å²) in [7, 11) is 0. The number of fused-ring (bicyclic) bond motifs is 1. The summed E-state index contributed by atoms with van der Waals surface area (Å²) in [5.74, 6) is 0.591. The molecule has 0 saturated carbocycles. The number of aromatic amines is 1. The number of halogens is 5. The Bertz CT molecular complexity index is 1440. The lowest BCUT2D eigenvalue weighted by Crippen LogP contribution is -2.38. The van der Waals surface area contributed by atoms with Crippen LogP contribution >= 0.6 is 23.2 Å². The van der Waals surface area contributed by atoms with Gasteiger partial charge < -0.3 is 9.47 Å². The van der Waals surface area contributed by atoms with Crippen LogP contribution < -0.4 is 4.74 Å². The first-order chi connectivity index (χ1) is 19.0. The first-order valence-corrected chi connectivity index (χ1v) is 13.3. The summed E-state index contributed by atoms with van der Waals surface area (Å²) in [4.78, 5) is 5.90. The molecule has 0 radical (unpaired) electrons. The Kier molecular flexibility index (Phi) is 9.73. The van der Waals surface area contributed by atoms with E-state index in [2.05, 4.69) is 21.8 Å². The number of H-pyrrole nitrogens is 1. The predicted molar refractivity (Wildman–Crippen MR) is 153 cm³/mol. The van der Waals surface area contributed by atoms with Crippen molar-refractivity contribution in [1.82, 2.24) is 20.1 Å². The van der Waals surface area contributed by atoms with Gasteiger partial charge in [-0.25, -0.2) is 0 Å². The number of nitrogens with one attached hydrogen (secondary N) is 1. The van der Waals surface area contributed by atoms with E-state index < -0.39 is 17.9 Å². The quantitative estimate of drug-likeness (QED) is 0.257. The number of ether oxygens (including phenoxy) is 2. The lowest BCUT2D eigenvalue weighted by Gasteiger charge is -2.28. The molecule has 1 aliphatic rings. The minimum atomic E-state index is -4.50. The summed E-state index contributed by atoms with van der Waals surface area (Å²) in [6, 6.07) is 5.52. The van der Waals surface area contributed by atoms with Crippen LogP contribution in [-0.4, -0.2) is 59.1 Å². The number of benzene rings is 1. The van der Waals surface area contributed by atoms with Crippen molar-refractivity contribution in [3.63, 3.8) is 0 Å². The van der Waals surface area contributed by atoms with Crippen LogP contribution in [0.1, 0.15) is 31.2 Å². The van der Waals surface area contributed by atoms with Crippen molar-refractivity contribution in [1.29, 1.82) is 0 Å². The first-order valence-electron chi connectivity index (χ1n) is 12.6. The summed E-state index contributed by atoms with van der Waals surface area (Å²) >= 11 is 12.5. The maximum absolute atomic E-state index is 13.5. The molecule has 3 aromatic rings. The van der Waals surface area contributed by atoms with E-state index in [1.165, 1.54) is 18.5 Å². The number of morpholine rings is 1. The molecule has 11 heteroatoms. The highest BCUT2D eigenvalue weighted by Crippen LogP contribution is 2.34. The number of rotatable bonds is 9. The molecule has 0 amide bonds. The molecule has 4 rings (SSSR count). The van der Waals surface area contributed by atoms with Crippen molar-refractivity contribution in [2.75, 3.05) is 32.8 Å². The van der Waals surface area contributed by atoms with Crippen LogP contribution in [0.15, 0.2) is 72.1 Å². The van der Waals surface area contributed by atoms with Crippen LogP contribution in [0.4, 0.5) is 13.2 Å². The van der Waals surface area contributed by atoms with Crippen molar-refractivity contribution >= 4 is 40.2 Å². The molecule has 1 aromatic carbocycles. The van der Waals surface area contributed by atoms with E-state index in [1.54, 1.807) is 18.2 Å². The molecular formula is C29H29Cl2F3N4O2. The Morgan fingerprint density at radius 2 is 1.90 bits per heavy atom. The average molecular weight is 593 g/mol. The van der Waals surface area contributed by atoms with E-state index in [0.29, 0.717) is 53.4 Å². The predicted octanol–water partition coefficient (Wildman–Crippen LogP) is 7.74. The molecule has 1 aliphatic heterocycles. The minimum absolute atomic E-state index is 0.123. The fourth-order valence-electron chi connectivity index (χ4n) is 4.22. The Morgan fingerprint density at radius 3 is 2.58 bits per heavy atom. The van der Waals surface area contributed by atoms with E-state index in [4.69, 9.17) is 32.7 Å². The molecule has 3 heterocycles. The highest BCUT2D eigenvalue weighted by Gasteiger charge is 2.34. The van der Waals surface area contributed by atoms with Gasteiger partial charge >= 0.3 is 6.18 Å². The minimum Gasteiger partial charge on any atom is -0.486 e. The van der Waals surface area contributed by atoms with E-state index in [9.17, 15) is 13.2 Å². The molecule has 0 aliphatic carbocycles. The fraction of sp³-hybridized carbons (Fsp3) is 0.310.